The molecular weight excluding hydrogens is 359 g/mol. The molecule has 3 rings (SSSR count). The van der Waals surface area contributed by atoms with Crippen LogP contribution in [0.2, 0.25) is 10.0 Å². The van der Waals surface area contributed by atoms with Gasteiger partial charge in [-0.2, -0.15) is 0 Å². The highest BCUT2D eigenvalue weighted by molar-refractivity contribution is 6.36. The molecule has 0 N–H and O–H groups in total. The molecule has 2 aromatic carbocycles. The maximum Gasteiger partial charge on any atom is 0.255 e. The summed E-state index contributed by atoms with van der Waals surface area (Å²) in [5.74, 6) is 0.825. The van der Waals surface area contributed by atoms with E-state index < -0.39 is 0 Å². The summed E-state index contributed by atoms with van der Waals surface area (Å²) in [4.78, 5) is 16.8. The SMILES string of the molecule is COc1cccc(CN2CCN(C(=O)c3ccc(Cl)cc3Cl)CC2)c1. The van der Waals surface area contributed by atoms with Crippen LogP contribution in [0.4, 0.5) is 0 Å². The number of piperazine rings is 1. The maximum absolute atomic E-state index is 12.6. The molecule has 1 saturated heterocycles. The fourth-order valence-corrected chi connectivity index (χ4v) is 3.46. The summed E-state index contributed by atoms with van der Waals surface area (Å²) in [6, 6.07) is 13.1. The van der Waals surface area contributed by atoms with Crippen molar-refractivity contribution in [1.82, 2.24) is 9.80 Å². The molecule has 25 heavy (non-hydrogen) atoms. The molecule has 1 aliphatic rings. The number of halogens is 2. The van der Waals surface area contributed by atoms with Crippen LogP contribution in [-0.4, -0.2) is 49.0 Å². The largest absolute Gasteiger partial charge is 0.497 e. The second-order valence-corrected chi connectivity index (χ2v) is 6.89. The van der Waals surface area contributed by atoms with E-state index in [1.165, 1.54) is 5.56 Å². The van der Waals surface area contributed by atoms with Gasteiger partial charge in [0.1, 0.15) is 5.75 Å². The van der Waals surface area contributed by atoms with Gasteiger partial charge in [-0.05, 0) is 35.9 Å². The molecule has 1 heterocycles. The number of methoxy groups -OCH3 is 1. The van der Waals surface area contributed by atoms with E-state index in [9.17, 15) is 4.79 Å². The average molecular weight is 379 g/mol. The number of carbonyl (C=O) groups excluding carboxylic acids is 1. The fourth-order valence-electron chi connectivity index (χ4n) is 2.97. The van der Waals surface area contributed by atoms with Gasteiger partial charge in [0.15, 0.2) is 0 Å². The van der Waals surface area contributed by atoms with Gasteiger partial charge in [-0.3, -0.25) is 9.69 Å². The lowest BCUT2D eigenvalue weighted by Crippen LogP contribution is -2.48. The highest BCUT2D eigenvalue weighted by Gasteiger charge is 2.23. The predicted molar refractivity (Wildman–Crippen MR) is 101 cm³/mol. The van der Waals surface area contributed by atoms with Crippen LogP contribution in [0.25, 0.3) is 0 Å². The lowest BCUT2D eigenvalue weighted by molar-refractivity contribution is 0.0628. The first kappa shape index (κ1) is 18.1. The zero-order valence-corrected chi connectivity index (χ0v) is 15.6. The number of hydrogen-bond donors (Lipinski definition) is 0. The summed E-state index contributed by atoms with van der Waals surface area (Å²) in [6.45, 7) is 3.87. The maximum atomic E-state index is 12.6. The van der Waals surface area contributed by atoms with Crippen molar-refractivity contribution in [2.24, 2.45) is 0 Å². The van der Waals surface area contributed by atoms with Crippen molar-refractivity contribution < 1.29 is 9.53 Å². The van der Waals surface area contributed by atoms with E-state index in [0.717, 1.165) is 25.4 Å². The van der Waals surface area contributed by atoms with Gasteiger partial charge in [-0.1, -0.05) is 35.3 Å². The Labute approximate surface area is 157 Å². The fraction of sp³-hybridized carbons (Fsp3) is 0.316. The van der Waals surface area contributed by atoms with Gasteiger partial charge in [-0.25, -0.2) is 0 Å². The quantitative estimate of drug-likeness (QED) is 0.806. The first-order valence-corrected chi connectivity index (χ1v) is 8.92. The minimum absolute atomic E-state index is 0.0392. The summed E-state index contributed by atoms with van der Waals surface area (Å²) in [5.41, 5.74) is 1.71. The summed E-state index contributed by atoms with van der Waals surface area (Å²) in [7, 11) is 1.67. The van der Waals surface area contributed by atoms with Crippen molar-refractivity contribution in [2.75, 3.05) is 33.3 Å². The zero-order valence-electron chi connectivity index (χ0n) is 14.0. The Morgan fingerprint density at radius 2 is 1.84 bits per heavy atom. The van der Waals surface area contributed by atoms with Crippen LogP contribution in [0.3, 0.4) is 0 Å². The third kappa shape index (κ3) is 4.46. The number of nitrogens with zero attached hydrogens (tertiary/aromatic N) is 2. The minimum Gasteiger partial charge on any atom is -0.497 e. The molecule has 0 unspecified atom stereocenters. The van der Waals surface area contributed by atoms with E-state index in [2.05, 4.69) is 11.0 Å². The van der Waals surface area contributed by atoms with E-state index in [-0.39, 0.29) is 5.91 Å². The Balaban J connectivity index is 1.58. The van der Waals surface area contributed by atoms with Crippen LogP contribution < -0.4 is 4.74 Å². The number of benzene rings is 2. The number of amides is 1. The molecule has 1 fully saturated rings. The second-order valence-electron chi connectivity index (χ2n) is 6.04. The Morgan fingerprint density at radius 3 is 2.52 bits per heavy atom. The third-order valence-corrected chi connectivity index (χ3v) is 4.91. The molecule has 132 valence electrons. The highest BCUT2D eigenvalue weighted by atomic mass is 35.5. The van der Waals surface area contributed by atoms with Crippen LogP contribution >= 0.6 is 23.2 Å². The first-order chi connectivity index (χ1) is 12.1. The highest BCUT2D eigenvalue weighted by Crippen LogP contribution is 2.23. The standard InChI is InChI=1S/C19H20Cl2N2O2/c1-25-16-4-2-3-14(11-16)13-22-7-9-23(10-8-22)19(24)17-6-5-15(20)12-18(17)21/h2-6,11-12H,7-10,13H2,1H3. The number of rotatable bonds is 4. The van der Waals surface area contributed by atoms with Gasteiger partial charge in [-0.15, -0.1) is 0 Å². The lowest BCUT2D eigenvalue weighted by atomic mass is 10.1. The normalized spacial score (nSPS) is 15.2. The van der Waals surface area contributed by atoms with Crippen LogP contribution in [0, 0.1) is 0 Å². The van der Waals surface area contributed by atoms with Gasteiger partial charge < -0.3 is 9.64 Å². The number of hydrogen-bond acceptors (Lipinski definition) is 3. The predicted octanol–water partition coefficient (Wildman–Crippen LogP) is 3.96. The molecule has 0 aliphatic carbocycles. The van der Waals surface area contributed by atoms with Crippen molar-refractivity contribution in [3.63, 3.8) is 0 Å². The van der Waals surface area contributed by atoms with E-state index in [1.807, 2.05) is 23.1 Å². The van der Waals surface area contributed by atoms with Crippen molar-refractivity contribution >= 4 is 29.1 Å². The van der Waals surface area contributed by atoms with Crippen molar-refractivity contribution in [3.05, 3.63) is 63.6 Å². The van der Waals surface area contributed by atoms with Crippen molar-refractivity contribution in [2.45, 2.75) is 6.54 Å². The molecule has 4 nitrogen and oxygen atoms in total. The summed E-state index contributed by atoms with van der Waals surface area (Å²) in [6.07, 6.45) is 0. The molecule has 0 saturated carbocycles. The molecule has 0 bridgehead atoms. The molecule has 0 spiro atoms. The van der Waals surface area contributed by atoms with E-state index in [0.29, 0.717) is 28.7 Å². The monoisotopic (exact) mass is 378 g/mol. The second kappa shape index (κ2) is 8.09. The molecule has 2 aromatic rings. The Hall–Kier alpha value is -1.75. The lowest BCUT2D eigenvalue weighted by Gasteiger charge is -2.35. The third-order valence-electron chi connectivity index (χ3n) is 4.36. The van der Waals surface area contributed by atoms with Crippen molar-refractivity contribution in [1.29, 1.82) is 0 Å². The van der Waals surface area contributed by atoms with Gasteiger partial charge in [0.05, 0.1) is 17.7 Å². The smallest absolute Gasteiger partial charge is 0.255 e. The summed E-state index contributed by atoms with van der Waals surface area (Å²) >= 11 is 12.1. The Bertz CT molecular complexity index is 759. The van der Waals surface area contributed by atoms with E-state index >= 15 is 0 Å². The van der Waals surface area contributed by atoms with Gasteiger partial charge >= 0.3 is 0 Å². The van der Waals surface area contributed by atoms with E-state index in [4.69, 9.17) is 27.9 Å². The molecule has 0 radical (unpaired) electrons. The Kier molecular flexibility index (Phi) is 5.84. The van der Waals surface area contributed by atoms with Crippen LogP contribution in [0.1, 0.15) is 15.9 Å². The number of ether oxygens (including phenoxy) is 1. The van der Waals surface area contributed by atoms with Gasteiger partial charge in [0.25, 0.3) is 5.91 Å². The Morgan fingerprint density at radius 1 is 1.08 bits per heavy atom. The molecule has 1 aliphatic heterocycles. The van der Waals surface area contributed by atoms with Gasteiger partial charge in [0, 0.05) is 37.7 Å². The molecular formula is C19H20Cl2N2O2. The van der Waals surface area contributed by atoms with E-state index in [1.54, 1.807) is 25.3 Å². The summed E-state index contributed by atoms with van der Waals surface area (Å²) < 4.78 is 5.27. The topological polar surface area (TPSA) is 32.8 Å². The summed E-state index contributed by atoms with van der Waals surface area (Å²) in [5, 5.41) is 0.931. The average Bonchev–Trinajstić information content (AvgIpc) is 2.62. The molecule has 0 aromatic heterocycles. The molecule has 6 heteroatoms. The van der Waals surface area contributed by atoms with Crippen molar-refractivity contribution in [3.8, 4) is 5.75 Å². The van der Waals surface area contributed by atoms with Gasteiger partial charge in [0.2, 0.25) is 0 Å². The van der Waals surface area contributed by atoms with Crippen LogP contribution in [-0.2, 0) is 6.54 Å². The van der Waals surface area contributed by atoms with Crippen LogP contribution in [0.5, 0.6) is 5.75 Å². The minimum atomic E-state index is -0.0392. The number of carbonyl (C=O) groups is 1. The van der Waals surface area contributed by atoms with Crippen LogP contribution in [0.15, 0.2) is 42.5 Å². The zero-order chi connectivity index (χ0) is 17.8. The first-order valence-electron chi connectivity index (χ1n) is 8.16. The molecule has 1 amide bonds. The molecule has 0 atom stereocenters.